The minimum atomic E-state index is -0.203. The van der Waals surface area contributed by atoms with Gasteiger partial charge in [0.1, 0.15) is 17.1 Å². The zero-order chi connectivity index (χ0) is 21.8. The Kier molecular flexibility index (Phi) is 6.29. The van der Waals surface area contributed by atoms with Crippen molar-refractivity contribution in [3.05, 3.63) is 82.1 Å². The molecule has 0 N–H and O–H groups in total. The summed E-state index contributed by atoms with van der Waals surface area (Å²) in [4.78, 5) is 34.0. The minimum absolute atomic E-state index is 0.0779. The van der Waals surface area contributed by atoms with E-state index in [-0.39, 0.29) is 18.0 Å². The van der Waals surface area contributed by atoms with E-state index in [0.717, 1.165) is 21.8 Å². The lowest BCUT2D eigenvalue weighted by molar-refractivity contribution is -0.132. The molecule has 0 saturated heterocycles. The van der Waals surface area contributed by atoms with Crippen molar-refractivity contribution >= 4 is 38.8 Å². The monoisotopic (exact) mass is 451 g/mol. The van der Waals surface area contributed by atoms with Crippen LogP contribution in [0.25, 0.3) is 20.7 Å². The highest BCUT2D eigenvalue weighted by Gasteiger charge is 2.18. The van der Waals surface area contributed by atoms with Crippen molar-refractivity contribution in [2.75, 3.05) is 13.7 Å². The molecule has 0 bridgehead atoms. The van der Waals surface area contributed by atoms with Gasteiger partial charge in [0.2, 0.25) is 5.91 Å². The molecule has 0 aliphatic heterocycles. The van der Waals surface area contributed by atoms with Crippen molar-refractivity contribution in [1.29, 1.82) is 0 Å². The summed E-state index contributed by atoms with van der Waals surface area (Å²) >= 11 is 3.01. The van der Waals surface area contributed by atoms with Gasteiger partial charge in [-0.25, -0.2) is 4.98 Å². The molecule has 3 aromatic heterocycles. The van der Waals surface area contributed by atoms with E-state index >= 15 is 0 Å². The number of methoxy groups -OCH3 is 1. The second-order valence-electron chi connectivity index (χ2n) is 6.90. The van der Waals surface area contributed by atoms with Crippen LogP contribution in [0.1, 0.15) is 5.56 Å². The molecule has 3 heterocycles. The van der Waals surface area contributed by atoms with Crippen LogP contribution in [0.3, 0.4) is 0 Å². The molecule has 4 rings (SSSR count). The molecule has 1 amide bonds. The summed E-state index contributed by atoms with van der Waals surface area (Å²) in [6, 6.07) is 11.5. The van der Waals surface area contributed by atoms with Crippen LogP contribution >= 0.6 is 22.7 Å². The number of aromatic nitrogens is 2. The van der Waals surface area contributed by atoms with E-state index in [1.54, 1.807) is 29.4 Å². The molecule has 0 saturated carbocycles. The first kappa shape index (κ1) is 21.0. The summed E-state index contributed by atoms with van der Waals surface area (Å²) in [6.07, 6.45) is 3.14. The van der Waals surface area contributed by atoms with E-state index in [2.05, 4.69) is 11.6 Å². The highest BCUT2D eigenvalue weighted by Crippen LogP contribution is 2.33. The largest absolute Gasteiger partial charge is 0.497 e. The molecule has 0 aliphatic carbocycles. The third kappa shape index (κ3) is 4.45. The first-order valence-electron chi connectivity index (χ1n) is 9.63. The number of carbonyl (C=O) groups is 1. The number of rotatable bonds is 8. The number of thiophene rings is 2. The zero-order valence-corrected chi connectivity index (χ0v) is 18.6. The van der Waals surface area contributed by atoms with Gasteiger partial charge in [0.15, 0.2) is 0 Å². The molecule has 31 heavy (non-hydrogen) atoms. The number of hydrogen-bond donors (Lipinski definition) is 0. The molecule has 0 radical (unpaired) electrons. The molecule has 8 heteroatoms. The first-order chi connectivity index (χ1) is 15.1. The predicted molar refractivity (Wildman–Crippen MR) is 126 cm³/mol. The van der Waals surface area contributed by atoms with E-state index in [0.29, 0.717) is 23.3 Å². The molecule has 0 fully saturated rings. The Labute approximate surface area is 187 Å². The van der Waals surface area contributed by atoms with E-state index in [1.807, 2.05) is 47.2 Å². The molecular formula is C23H21N3O3S2. The fraction of sp³-hybridized carbons (Fsp3) is 0.174. The van der Waals surface area contributed by atoms with Gasteiger partial charge in [-0.15, -0.1) is 29.3 Å². The summed E-state index contributed by atoms with van der Waals surface area (Å²) in [5, 5.41) is 4.49. The van der Waals surface area contributed by atoms with Gasteiger partial charge in [-0.2, -0.15) is 0 Å². The Morgan fingerprint density at radius 1 is 1.26 bits per heavy atom. The smallest absolute Gasteiger partial charge is 0.263 e. The number of benzene rings is 1. The summed E-state index contributed by atoms with van der Waals surface area (Å²) in [7, 11) is 1.61. The fourth-order valence-electron chi connectivity index (χ4n) is 3.30. The predicted octanol–water partition coefficient (Wildman–Crippen LogP) is 4.41. The van der Waals surface area contributed by atoms with Crippen LogP contribution in [0.4, 0.5) is 0 Å². The lowest BCUT2D eigenvalue weighted by Crippen LogP contribution is -2.36. The van der Waals surface area contributed by atoms with Gasteiger partial charge in [0, 0.05) is 28.9 Å². The molecule has 0 spiro atoms. The van der Waals surface area contributed by atoms with Crippen molar-refractivity contribution in [2.45, 2.75) is 13.1 Å². The number of hydrogen-bond acceptors (Lipinski definition) is 6. The molecule has 0 aliphatic rings. The highest BCUT2D eigenvalue weighted by molar-refractivity contribution is 7.18. The maximum atomic E-state index is 13.2. The Bertz CT molecular complexity index is 1260. The molecule has 0 unspecified atom stereocenters. The van der Waals surface area contributed by atoms with Crippen molar-refractivity contribution in [2.24, 2.45) is 0 Å². The first-order valence-corrected chi connectivity index (χ1v) is 11.4. The minimum Gasteiger partial charge on any atom is -0.497 e. The van der Waals surface area contributed by atoms with Crippen LogP contribution in [-0.4, -0.2) is 34.0 Å². The number of carbonyl (C=O) groups excluding carboxylic acids is 1. The average Bonchev–Trinajstić information content (AvgIpc) is 3.46. The van der Waals surface area contributed by atoms with Gasteiger partial charge in [-0.05, 0) is 29.1 Å². The van der Waals surface area contributed by atoms with Crippen LogP contribution < -0.4 is 10.3 Å². The Morgan fingerprint density at radius 2 is 2.06 bits per heavy atom. The third-order valence-electron chi connectivity index (χ3n) is 4.89. The Balaban J connectivity index is 1.59. The van der Waals surface area contributed by atoms with E-state index in [1.165, 1.54) is 22.2 Å². The third-order valence-corrected chi connectivity index (χ3v) is 6.68. The standard InChI is InChI=1S/C23H21N3O3S2/c1-3-10-25(12-16-6-8-17(29-2)9-7-16)20(27)13-26-15-24-22-21(23(26)28)18(14-31-22)19-5-4-11-30-19/h3-9,11,14-15H,1,10,12-13H2,2H3. The van der Waals surface area contributed by atoms with Crippen molar-refractivity contribution in [3.63, 3.8) is 0 Å². The van der Waals surface area contributed by atoms with Crippen molar-refractivity contribution in [3.8, 4) is 16.2 Å². The quantitative estimate of drug-likeness (QED) is 0.372. The molecule has 158 valence electrons. The zero-order valence-electron chi connectivity index (χ0n) is 17.0. The topological polar surface area (TPSA) is 64.4 Å². The van der Waals surface area contributed by atoms with Gasteiger partial charge >= 0.3 is 0 Å². The second-order valence-corrected chi connectivity index (χ2v) is 8.70. The van der Waals surface area contributed by atoms with E-state index < -0.39 is 0 Å². The Hall–Kier alpha value is -3.23. The summed E-state index contributed by atoms with van der Waals surface area (Å²) in [5.74, 6) is 0.584. The second kappa shape index (κ2) is 9.28. The molecular weight excluding hydrogens is 430 g/mol. The van der Waals surface area contributed by atoms with Gasteiger partial charge in [0.05, 0.1) is 18.8 Å². The lowest BCUT2D eigenvalue weighted by atomic mass is 10.2. The van der Waals surface area contributed by atoms with Gasteiger partial charge < -0.3 is 9.64 Å². The number of nitrogens with zero attached hydrogens (tertiary/aromatic N) is 3. The van der Waals surface area contributed by atoms with Gasteiger partial charge in [-0.1, -0.05) is 24.3 Å². The normalized spacial score (nSPS) is 10.9. The molecule has 1 aromatic carbocycles. The SMILES string of the molecule is C=CCN(Cc1ccc(OC)cc1)C(=O)Cn1cnc2scc(-c3cccs3)c2c1=O. The summed E-state index contributed by atoms with van der Waals surface area (Å²) in [5.41, 5.74) is 1.64. The van der Waals surface area contributed by atoms with Crippen molar-refractivity contribution < 1.29 is 9.53 Å². The van der Waals surface area contributed by atoms with Crippen LogP contribution in [0, 0.1) is 0 Å². The highest BCUT2D eigenvalue weighted by atomic mass is 32.1. The van der Waals surface area contributed by atoms with Gasteiger partial charge in [-0.3, -0.25) is 14.2 Å². The lowest BCUT2D eigenvalue weighted by Gasteiger charge is -2.22. The number of ether oxygens (including phenoxy) is 1. The van der Waals surface area contributed by atoms with E-state index in [4.69, 9.17) is 4.74 Å². The van der Waals surface area contributed by atoms with E-state index in [9.17, 15) is 9.59 Å². The number of fused-ring (bicyclic) bond motifs is 1. The summed E-state index contributed by atoms with van der Waals surface area (Å²) < 4.78 is 6.57. The average molecular weight is 452 g/mol. The van der Waals surface area contributed by atoms with Crippen LogP contribution in [-0.2, 0) is 17.9 Å². The Morgan fingerprint density at radius 3 is 2.74 bits per heavy atom. The molecule has 6 nitrogen and oxygen atoms in total. The fourth-order valence-corrected chi connectivity index (χ4v) is 5.02. The summed E-state index contributed by atoms with van der Waals surface area (Å²) in [6.45, 7) is 4.48. The van der Waals surface area contributed by atoms with Crippen LogP contribution in [0.2, 0.25) is 0 Å². The maximum Gasteiger partial charge on any atom is 0.263 e. The van der Waals surface area contributed by atoms with Crippen molar-refractivity contribution in [1.82, 2.24) is 14.5 Å². The maximum absolute atomic E-state index is 13.2. The van der Waals surface area contributed by atoms with Crippen LogP contribution in [0.5, 0.6) is 5.75 Å². The molecule has 0 atom stereocenters. The number of amides is 1. The van der Waals surface area contributed by atoms with Gasteiger partial charge in [0.25, 0.3) is 5.56 Å². The van der Waals surface area contributed by atoms with Crippen LogP contribution in [0.15, 0.2) is 70.9 Å². The molecule has 4 aromatic rings.